The molecular formula is C15H28N4. The summed E-state index contributed by atoms with van der Waals surface area (Å²) < 4.78 is 1.81. The van der Waals surface area contributed by atoms with Crippen molar-refractivity contribution in [3.05, 3.63) is 11.9 Å². The van der Waals surface area contributed by atoms with E-state index in [2.05, 4.69) is 35.7 Å². The van der Waals surface area contributed by atoms with Crippen molar-refractivity contribution in [2.75, 3.05) is 6.54 Å². The van der Waals surface area contributed by atoms with Crippen LogP contribution in [-0.2, 0) is 13.5 Å². The van der Waals surface area contributed by atoms with Crippen molar-refractivity contribution in [2.24, 2.45) is 18.9 Å². The molecule has 108 valence electrons. The van der Waals surface area contributed by atoms with Crippen LogP contribution in [0.4, 0.5) is 0 Å². The number of nitrogens with zero attached hydrogens (tertiary/aromatic N) is 3. The van der Waals surface area contributed by atoms with Gasteiger partial charge >= 0.3 is 0 Å². The summed E-state index contributed by atoms with van der Waals surface area (Å²) in [6, 6.07) is 0.671. The second-order valence-corrected chi connectivity index (χ2v) is 6.00. The molecule has 3 atom stereocenters. The first-order valence-corrected chi connectivity index (χ1v) is 7.81. The molecule has 2 rings (SSSR count). The van der Waals surface area contributed by atoms with E-state index >= 15 is 0 Å². The lowest BCUT2D eigenvalue weighted by Crippen LogP contribution is -2.42. The molecule has 0 aliphatic heterocycles. The maximum Gasteiger partial charge on any atom is 0.0830 e. The van der Waals surface area contributed by atoms with Crippen molar-refractivity contribution < 1.29 is 0 Å². The first-order valence-electron chi connectivity index (χ1n) is 7.81. The van der Waals surface area contributed by atoms with Crippen LogP contribution in [0.2, 0.25) is 0 Å². The Morgan fingerprint density at radius 2 is 2.21 bits per heavy atom. The Bertz CT molecular complexity index is 374. The molecular weight excluding hydrogens is 236 g/mol. The highest BCUT2D eigenvalue weighted by Crippen LogP contribution is 2.33. The first kappa shape index (κ1) is 14.5. The molecule has 3 unspecified atom stereocenters. The Kier molecular flexibility index (Phi) is 5.37. The Balaban J connectivity index is 1.97. The standard InChI is InChI=1S/C15H28N4/c1-4-8-16-15-7-6-12(5-2)9-13(15)10-14-11-19(3)18-17-14/h11-13,15-16H,4-10H2,1-3H3. The predicted molar refractivity (Wildman–Crippen MR) is 77.9 cm³/mol. The van der Waals surface area contributed by atoms with E-state index in [1.54, 1.807) is 0 Å². The van der Waals surface area contributed by atoms with Crippen LogP contribution < -0.4 is 5.32 Å². The normalized spacial score (nSPS) is 27.6. The summed E-state index contributed by atoms with van der Waals surface area (Å²) in [4.78, 5) is 0. The summed E-state index contributed by atoms with van der Waals surface area (Å²) >= 11 is 0. The van der Waals surface area contributed by atoms with Crippen molar-refractivity contribution in [2.45, 2.75) is 58.4 Å². The quantitative estimate of drug-likeness (QED) is 0.858. The van der Waals surface area contributed by atoms with Crippen LogP contribution >= 0.6 is 0 Å². The lowest BCUT2D eigenvalue weighted by Gasteiger charge is -2.36. The molecule has 1 heterocycles. The molecule has 19 heavy (non-hydrogen) atoms. The number of aromatic nitrogens is 3. The minimum atomic E-state index is 0.671. The van der Waals surface area contributed by atoms with E-state index in [4.69, 9.17) is 0 Å². The van der Waals surface area contributed by atoms with Gasteiger partial charge in [-0.1, -0.05) is 25.5 Å². The molecule has 1 fully saturated rings. The van der Waals surface area contributed by atoms with E-state index in [0.717, 1.165) is 30.5 Å². The van der Waals surface area contributed by atoms with Crippen molar-refractivity contribution in [3.8, 4) is 0 Å². The van der Waals surface area contributed by atoms with Crippen LogP contribution in [0.1, 0.15) is 51.6 Å². The maximum absolute atomic E-state index is 4.26. The monoisotopic (exact) mass is 264 g/mol. The van der Waals surface area contributed by atoms with E-state index < -0.39 is 0 Å². The highest BCUT2D eigenvalue weighted by atomic mass is 15.4. The van der Waals surface area contributed by atoms with Crippen molar-refractivity contribution in [1.82, 2.24) is 20.3 Å². The lowest BCUT2D eigenvalue weighted by molar-refractivity contribution is 0.197. The van der Waals surface area contributed by atoms with Gasteiger partial charge in [-0.05, 0) is 50.5 Å². The maximum atomic E-state index is 4.26. The number of rotatable bonds is 6. The molecule has 0 bridgehead atoms. The molecule has 0 radical (unpaired) electrons. The fourth-order valence-corrected chi connectivity index (χ4v) is 3.31. The van der Waals surface area contributed by atoms with Crippen LogP contribution in [-0.4, -0.2) is 27.6 Å². The summed E-state index contributed by atoms with van der Waals surface area (Å²) in [5, 5.41) is 12.1. The van der Waals surface area contributed by atoms with Crippen molar-refractivity contribution >= 4 is 0 Å². The van der Waals surface area contributed by atoms with Gasteiger partial charge in [0.15, 0.2) is 0 Å². The Hall–Kier alpha value is -0.900. The van der Waals surface area contributed by atoms with Gasteiger partial charge in [0.05, 0.1) is 5.69 Å². The molecule has 1 saturated carbocycles. The van der Waals surface area contributed by atoms with Crippen LogP contribution in [0.5, 0.6) is 0 Å². The van der Waals surface area contributed by atoms with Gasteiger partial charge in [0, 0.05) is 19.3 Å². The van der Waals surface area contributed by atoms with Crippen LogP contribution in [0.15, 0.2) is 6.20 Å². The Morgan fingerprint density at radius 1 is 1.37 bits per heavy atom. The van der Waals surface area contributed by atoms with Gasteiger partial charge in [0.2, 0.25) is 0 Å². The van der Waals surface area contributed by atoms with Gasteiger partial charge in [0.1, 0.15) is 0 Å². The van der Waals surface area contributed by atoms with Gasteiger partial charge in [0.25, 0.3) is 0 Å². The second-order valence-electron chi connectivity index (χ2n) is 6.00. The number of hydrogen-bond donors (Lipinski definition) is 1. The van der Waals surface area contributed by atoms with Gasteiger partial charge in [-0.25, -0.2) is 0 Å². The molecule has 1 aliphatic carbocycles. The zero-order valence-electron chi connectivity index (χ0n) is 12.6. The SMILES string of the molecule is CCCNC1CCC(CC)CC1Cc1cn(C)nn1. The molecule has 4 heteroatoms. The fraction of sp³-hybridized carbons (Fsp3) is 0.867. The average Bonchev–Trinajstić information content (AvgIpc) is 2.82. The van der Waals surface area contributed by atoms with Crippen LogP contribution in [0.25, 0.3) is 0 Å². The highest BCUT2D eigenvalue weighted by Gasteiger charge is 2.29. The van der Waals surface area contributed by atoms with Gasteiger partial charge < -0.3 is 5.32 Å². The molecule has 0 spiro atoms. The average molecular weight is 264 g/mol. The molecule has 4 nitrogen and oxygen atoms in total. The van der Waals surface area contributed by atoms with Gasteiger partial charge in [-0.2, -0.15) is 0 Å². The summed E-state index contributed by atoms with van der Waals surface area (Å²) in [6.07, 6.45) is 9.72. The zero-order chi connectivity index (χ0) is 13.7. The highest BCUT2D eigenvalue weighted by molar-refractivity contribution is 4.98. The third kappa shape index (κ3) is 4.03. The minimum absolute atomic E-state index is 0.671. The van der Waals surface area contributed by atoms with E-state index in [1.165, 1.54) is 32.1 Å². The lowest BCUT2D eigenvalue weighted by atomic mass is 9.75. The number of hydrogen-bond acceptors (Lipinski definition) is 3. The molecule has 0 amide bonds. The smallest absolute Gasteiger partial charge is 0.0830 e. The molecule has 1 aromatic rings. The second kappa shape index (κ2) is 7.04. The van der Waals surface area contributed by atoms with E-state index in [0.29, 0.717) is 6.04 Å². The summed E-state index contributed by atoms with van der Waals surface area (Å²) in [7, 11) is 1.94. The molecule has 0 aromatic carbocycles. The van der Waals surface area contributed by atoms with Crippen molar-refractivity contribution in [1.29, 1.82) is 0 Å². The number of nitrogens with one attached hydrogen (secondary N) is 1. The fourth-order valence-electron chi connectivity index (χ4n) is 3.31. The molecule has 1 aromatic heterocycles. The predicted octanol–water partition coefficient (Wildman–Crippen LogP) is 2.55. The molecule has 1 N–H and O–H groups in total. The zero-order valence-corrected chi connectivity index (χ0v) is 12.6. The summed E-state index contributed by atoms with van der Waals surface area (Å²) in [6.45, 7) is 5.70. The molecule has 1 aliphatic rings. The minimum Gasteiger partial charge on any atom is -0.314 e. The van der Waals surface area contributed by atoms with Gasteiger partial charge in [-0.3, -0.25) is 4.68 Å². The molecule has 0 saturated heterocycles. The summed E-state index contributed by atoms with van der Waals surface area (Å²) in [5.74, 6) is 1.63. The topological polar surface area (TPSA) is 42.7 Å². The van der Waals surface area contributed by atoms with E-state index in [1.807, 2.05) is 11.7 Å². The third-order valence-corrected chi connectivity index (χ3v) is 4.45. The van der Waals surface area contributed by atoms with Gasteiger partial charge in [-0.15, -0.1) is 5.10 Å². The van der Waals surface area contributed by atoms with E-state index in [9.17, 15) is 0 Å². The largest absolute Gasteiger partial charge is 0.314 e. The van der Waals surface area contributed by atoms with Crippen LogP contribution in [0.3, 0.4) is 0 Å². The van der Waals surface area contributed by atoms with Crippen LogP contribution in [0, 0.1) is 11.8 Å². The first-order chi connectivity index (χ1) is 9.22. The van der Waals surface area contributed by atoms with E-state index in [-0.39, 0.29) is 0 Å². The Labute approximate surface area is 117 Å². The summed E-state index contributed by atoms with van der Waals surface area (Å²) in [5.41, 5.74) is 1.15. The number of aryl methyl sites for hydroxylation is 1. The third-order valence-electron chi connectivity index (χ3n) is 4.45. The Morgan fingerprint density at radius 3 is 2.84 bits per heavy atom. The van der Waals surface area contributed by atoms with Crippen molar-refractivity contribution in [3.63, 3.8) is 0 Å².